The zero-order valence-corrected chi connectivity index (χ0v) is 17.0. The van der Waals surface area contributed by atoms with Gasteiger partial charge in [0.1, 0.15) is 17.7 Å². The van der Waals surface area contributed by atoms with Gasteiger partial charge in [-0.2, -0.15) is 10.5 Å². The van der Waals surface area contributed by atoms with Crippen molar-refractivity contribution in [1.29, 1.82) is 10.5 Å². The van der Waals surface area contributed by atoms with Crippen molar-refractivity contribution in [3.05, 3.63) is 46.4 Å². The fourth-order valence-corrected chi connectivity index (χ4v) is 2.92. The number of nitrogens with two attached hydrogens (primary N) is 2. The van der Waals surface area contributed by atoms with Crippen LogP contribution < -0.4 is 11.5 Å². The van der Waals surface area contributed by atoms with Gasteiger partial charge in [-0.15, -0.1) is 0 Å². The molecule has 0 saturated carbocycles. The Kier molecular flexibility index (Phi) is 5.24. The van der Waals surface area contributed by atoms with E-state index in [-0.39, 0.29) is 28.2 Å². The smallest absolute Gasteiger partial charge is 0.182 e. The van der Waals surface area contributed by atoms with Crippen molar-refractivity contribution in [3.63, 3.8) is 0 Å². The van der Waals surface area contributed by atoms with Gasteiger partial charge < -0.3 is 16.4 Å². The van der Waals surface area contributed by atoms with E-state index in [1.165, 1.54) is 11.1 Å². The van der Waals surface area contributed by atoms with Gasteiger partial charge in [-0.05, 0) is 27.5 Å². The van der Waals surface area contributed by atoms with Gasteiger partial charge in [-0.25, -0.2) is 4.99 Å². The first-order chi connectivity index (χ1) is 12.4. The lowest BCUT2D eigenvalue weighted by atomic mass is 9.79. The molecule has 0 aliphatic carbocycles. The van der Waals surface area contributed by atoms with E-state index in [1.54, 1.807) is 4.90 Å². The van der Waals surface area contributed by atoms with Crippen molar-refractivity contribution >= 4 is 5.84 Å². The summed E-state index contributed by atoms with van der Waals surface area (Å²) in [6.07, 6.45) is 0. The molecule has 0 amide bonds. The second kappa shape index (κ2) is 6.96. The highest BCUT2D eigenvalue weighted by atomic mass is 15.3. The summed E-state index contributed by atoms with van der Waals surface area (Å²) >= 11 is 0. The van der Waals surface area contributed by atoms with Gasteiger partial charge in [0.2, 0.25) is 0 Å². The maximum absolute atomic E-state index is 9.54. The van der Waals surface area contributed by atoms with E-state index in [1.807, 2.05) is 6.07 Å². The molecular weight excluding hydrogens is 336 g/mol. The molecule has 142 valence electrons. The average Bonchev–Trinajstić information content (AvgIpc) is 2.56. The van der Waals surface area contributed by atoms with Gasteiger partial charge in [0, 0.05) is 6.54 Å². The lowest BCUT2D eigenvalue weighted by Gasteiger charge is -2.33. The van der Waals surface area contributed by atoms with Crippen LogP contribution in [0.3, 0.4) is 0 Å². The summed E-state index contributed by atoms with van der Waals surface area (Å²) < 4.78 is 0. The Morgan fingerprint density at radius 2 is 1.52 bits per heavy atom. The SMILES string of the molecule is CC(C)(C)c1cc(CN2C(N)=C(C#N)N=C(N)C2C#N)cc(C(C)(C)C)c1. The minimum absolute atomic E-state index is 0.0216. The number of allylic oxidation sites excluding steroid dienone is 1. The summed E-state index contributed by atoms with van der Waals surface area (Å²) in [4.78, 5) is 5.61. The Balaban J connectivity index is 2.56. The molecule has 0 saturated heterocycles. The molecule has 0 bridgehead atoms. The van der Waals surface area contributed by atoms with Gasteiger partial charge in [-0.1, -0.05) is 59.7 Å². The molecule has 6 nitrogen and oxygen atoms in total. The number of benzene rings is 1. The fraction of sp³-hybridized carbons (Fsp3) is 0.476. The van der Waals surface area contributed by atoms with Crippen LogP contribution in [-0.4, -0.2) is 16.8 Å². The summed E-state index contributed by atoms with van der Waals surface area (Å²) in [5.74, 6) is 0.267. The zero-order valence-electron chi connectivity index (χ0n) is 17.0. The molecule has 1 aliphatic rings. The monoisotopic (exact) mass is 364 g/mol. The minimum Gasteiger partial charge on any atom is -0.384 e. The summed E-state index contributed by atoms with van der Waals surface area (Å²) in [5.41, 5.74) is 15.5. The van der Waals surface area contributed by atoms with E-state index in [0.29, 0.717) is 6.54 Å². The Labute approximate surface area is 161 Å². The van der Waals surface area contributed by atoms with Crippen molar-refractivity contribution in [1.82, 2.24) is 4.90 Å². The fourth-order valence-electron chi connectivity index (χ4n) is 2.92. The van der Waals surface area contributed by atoms with Crippen LogP contribution in [0, 0.1) is 22.7 Å². The molecule has 0 radical (unpaired) electrons. The second-order valence-electron chi connectivity index (χ2n) is 8.96. The third-order valence-electron chi connectivity index (χ3n) is 4.69. The molecule has 1 atom stereocenters. The lowest BCUT2D eigenvalue weighted by molar-refractivity contribution is 0.324. The van der Waals surface area contributed by atoms with Crippen LogP contribution in [-0.2, 0) is 17.4 Å². The van der Waals surface area contributed by atoms with Crippen LogP contribution in [0.4, 0.5) is 0 Å². The lowest BCUT2D eigenvalue weighted by Crippen LogP contribution is -2.47. The quantitative estimate of drug-likeness (QED) is 0.837. The molecule has 4 N–H and O–H groups in total. The molecule has 2 rings (SSSR count). The normalized spacial score (nSPS) is 18.0. The third-order valence-corrected chi connectivity index (χ3v) is 4.69. The second-order valence-corrected chi connectivity index (χ2v) is 8.96. The number of nitriles is 2. The molecule has 1 aromatic carbocycles. The maximum atomic E-state index is 9.54. The predicted octanol–water partition coefficient (Wildman–Crippen LogP) is 3.00. The number of aliphatic imine (C=N–C) groups is 1. The number of amidine groups is 1. The Bertz CT molecular complexity index is 849. The molecule has 27 heavy (non-hydrogen) atoms. The van der Waals surface area contributed by atoms with E-state index in [0.717, 1.165) is 5.56 Å². The van der Waals surface area contributed by atoms with Crippen LogP contribution in [0.25, 0.3) is 0 Å². The maximum Gasteiger partial charge on any atom is 0.182 e. The van der Waals surface area contributed by atoms with Gasteiger partial charge in [-0.3, -0.25) is 0 Å². The topological polar surface area (TPSA) is 115 Å². The summed E-state index contributed by atoms with van der Waals surface area (Å²) in [5, 5.41) is 18.8. The Morgan fingerprint density at radius 1 is 1.00 bits per heavy atom. The van der Waals surface area contributed by atoms with E-state index in [2.05, 4.69) is 70.8 Å². The highest BCUT2D eigenvalue weighted by molar-refractivity contribution is 5.90. The standard InChI is InChI=1S/C21H28N6/c1-20(2,3)14-7-13(8-15(9-14)21(4,5)6)12-27-17(11-23)18(24)26-16(10-22)19(27)25/h7-9,17H,12,25H2,1-6H3,(H2,24,26). The summed E-state index contributed by atoms with van der Waals surface area (Å²) in [6, 6.07) is 9.79. The highest BCUT2D eigenvalue weighted by Gasteiger charge is 2.30. The van der Waals surface area contributed by atoms with Gasteiger partial charge in [0.25, 0.3) is 0 Å². The van der Waals surface area contributed by atoms with Crippen LogP contribution in [0.15, 0.2) is 34.7 Å². The first kappa shape index (κ1) is 20.3. The largest absolute Gasteiger partial charge is 0.384 e. The Hall–Kier alpha value is -2.99. The van der Waals surface area contributed by atoms with Crippen molar-refractivity contribution in [2.24, 2.45) is 16.5 Å². The molecule has 6 heteroatoms. The van der Waals surface area contributed by atoms with Crippen molar-refractivity contribution < 1.29 is 0 Å². The van der Waals surface area contributed by atoms with E-state index < -0.39 is 6.04 Å². The average molecular weight is 364 g/mol. The molecule has 0 spiro atoms. The van der Waals surface area contributed by atoms with Gasteiger partial charge in [0.15, 0.2) is 11.7 Å². The van der Waals surface area contributed by atoms with E-state index in [9.17, 15) is 10.5 Å². The van der Waals surface area contributed by atoms with Crippen LogP contribution >= 0.6 is 0 Å². The molecule has 1 aliphatic heterocycles. The van der Waals surface area contributed by atoms with Crippen LogP contribution in [0.5, 0.6) is 0 Å². The third kappa shape index (κ3) is 4.23. The van der Waals surface area contributed by atoms with Crippen molar-refractivity contribution in [3.8, 4) is 12.1 Å². The summed E-state index contributed by atoms with van der Waals surface area (Å²) in [7, 11) is 0. The van der Waals surface area contributed by atoms with Crippen molar-refractivity contribution in [2.45, 2.75) is 65.0 Å². The van der Waals surface area contributed by atoms with Gasteiger partial charge in [0.05, 0.1) is 6.07 Å². The number of nitrogens with zero attached hydrogens (tertiary/aromatic N) is 4. The predicted molar refractivity (Wildman–Crippen MR) is 107 cm³/mol. The van der Waals surface area contributed by atoms with Gasteiger partial charge >= 0.3 is 0 Å². The number of hydrogen-bond acceptors (Lipinski definition) is 6. The summed E-state index contributed by atoms with van der Waals surface area (Å²) in [6.45, 7) is 13.4. The molecular formula is C21H28N6. The molecule has 1 unspecified atom stereocenters. The first-order valence-corrected chi connectivity index (χ1v) is 8.93. The Morgan fingerprint density at radius 3 is 1.93 bits per heavy atom. The highest BCUT2D eigenvalue weighted by Crippen LogP contribution is 2.31. The molecule has 0 fully saturated rings. The van der Waals surface area contributed by atoms with E-state index >= 15 is 0 Å². The van der Waals surface area contributed by atoms with E-state index in [4.69, 9.17) is 11.5 Å². The zero-order chi connectivity index (χ0) is 20.6. The number of rotatable bonds is 2. The minimum atomic E-state index is -0.793. The molecule has 1 heterocycles. The van der Waals surface area contributed by atoms with Crippen LogP contribution in [0.2, 0.25) is 0 Å². The number of hydrogen-bond donors (Lipinski definition) is 2. The molecule has 1 aromatic rings. The van der Waals surface area contributed by atoms with Crippen molar-refractivity contribution in [2.75, 3.05) is 0 Å². The molecule has 0 aromatic heterocycles. The first-order valence-electron chi connectivity index (χ1n) is 8.93. The van der Waals surface area contributed by atoms with Crippen LogP contribution in [0.1, 0.15) is 58.2 Å².